The largest absolute Gasteiger partial charge is 0.473 e. The minimum Gasteiger partial charge on any atom is -0.473 e. The first kappa shape index (κ1) is 19.4. The number of methoxy groups -OCH3 is 1. The van der Waals surface area contributed by atoms with Crippen molar-refractivity contribution in [2.24, 2.45) is 0 Å². The molecule has 0 aliphatic carbocycles. The van der Waals surface area contributed by atoms with Crippen LogP contribution in [-0.4, -0.2) is 43.2 Å². The molecular weight excluding hydrogens is 298 g/mol. The molecule has 0 heterocycles. The van der Waals surface area contributed by atoms with Crippen LogP contribution in [-0.2, 0) is 14.3 Å². The van der Waals surface area contributed by atoms with Gasteiger partial charge >= 0.3 is 5.97 Å². The van der Waals surface area contributed by atoms with E-state index >= 15 is 0 Å². The molecule has 6 heteroatoms. The van der Waals surface area contributed by atoms with Gasteiger partial charge in [-0.2, -0.15) is 0 Å². The number of hydrogen-bond donors (Lipinski definition) is 2. The molecule has 23 heavy (non-hydrogen) atoms. The monoisotopic (exact) mass is 325 g/mol. The number of nitrogens with one attached hydrogen (secondary N) is 1. The molecule has 0 aromatic heterocycles. The van der Waals surface area contributed by atoms with Gasteiger partial charge in [0.1, 0.15) is 11.9 Å². The zero-order valence-corrected chi connectivity index (χ0v) is 14.4. The van der Waals surface area contributed by atoms with Gasteiger partial charge in [-0.25, -0.2) is 0 Å². The Balaban J connectivity index is 2.79. The predicted molar refractivity (Wildman–Crippen MR) is 87.2 cm³/mol. The van der Waals surface area contributed by atoms with Crippen LogP contribution >= 0.6 is 0 Å². The van der Waals surface area contributed by atoms with Crippen LogP contribution in [0.25, 0.3) is 0 Å². The van der Waals surface area contributed by atoms with Crippen LogP contribution in [0, 0.1) is 0 Å². The van der Waals surface area contributed by atoms with Crippen molar-refractivity contribution in [3.63, 3.8) is 0 Å². The number of aliphatic hydroxyl groups excluding tert-OH is 1. The molecule has 2 N–H and O–H groups in total. The zero-order chi connectivity index (χ0) is 17.4. The standard InChI is InChI=1S/C17H27NO5/c1-11(2)18-17(12(3)19)23-15-8-6-14(7-9-15)16(10-21-5)22-13(4)20/h6-9,11-12,16-19H,10H2,1-5H3. The summed E-state index contributed by atoms with van der Waals surface area (Å²) in [5.41, 5.74) is 0.819. The lowest BCUT2D eigenvalue weighted by Gasteiger charge is -2.25. The summed E-state index contributed by atoms with van der Waals surface area (Å²) >= 11 is 0. The van der Waals surface area contributed by atoms with E-state index in [1.165, 1.54) is 6.92 Å². The molecule has 6 nitrogen and oxygen atoms in total. The molecule has 0 saturated carbocycles. The molecule has 0 aliphatic rings. The number of rotatable bonds is 9. The van der Waals surface area contributed by atoms with Gasteiger partial charge in [0, 0.05) is 20.1 Å². The van der Waals surface area contributed by atoms with E-state index in [1.54, 1.807) is 26.2 Å². The molecule has 1 aromatic rings. The topological polar surface area (TPSA) is 77.0 Å². The second kappa shape index (κ2) is 9.50. The Morgan fingerprint density at radius 3 is 2.26 bits per heavy atom. The Bertz CT molecular complexity index is 472. The fourth-order valence-electron chi connectivity index (χ4n) is 2.06. The molecule has 0 amide bonds. The molecular formula is C17H27NO5. The van der Waals surface area contributed by atoms with Crippen LogP contribution < -0.4 is 10.1 Å². The smallest absolute Gasteiger partial charge is 0.303 e. The highest BCUT2D eigenvalue weighted by Gasteiger charge is 2.18. The number of esters is 1. The Labute approximate surface area is 137 Å². The molecule has 130 valence electrons. The molecule has 1 rings (SSSR count). The average Bonchev–Trinajstić information content (AvgIpc) is 2.46. The normalized spacial score (nSPS) is 15.1. The van der Waals surface area contributed by atoms with E-state index in [0.717, 1.165) is 5.56 Å². The van der Waals surface area contributed by atoms with Crippen molar-refractivity contribution in [2.45, 2.75) is 52.2 Å². The SMILES string of the molecule is COCC(OC(C)=O)c1ccc(OC(NC(C)C)C(C)O)cc1. The number of hydrogen-bond acceptors (Lipinski definition) is 6. The van der Waals surface area contributed by atoms with Crippen molar-refractivity contribution in [3.8, 4) is 5.75 Å². The van der Waals surface area contributed by atoms with E-state index in [9.17, 15) is 9.90 Å². The Kier molecular flexibility index (Phi) is 8.02. The average molecular weight is 325 g/mol. The predicted octanol–water partition coefficient (Wildman–Crippen LogP) is 2.02. The maximum atomic E-state index is 11.2. The third-order valence-electron chi connectivity index (χ3n) is 3.08. The van der Waals surface area contributed by atoms with Gasteiger partial charge in [-0.05, 0) is 38.5 Å². The number of ether oxygens (including phenoxy) is 3. The van der Waals surface area contributed by atoms with E-state index in [-0.39, 0.29) is 18.6 Å². The first-order chi connectivity index (χ1) is 10.8. The summed E-state index contributed by atoms with van der Waals surface area (Å²) in [7, 11) is 1.55. The Morgan fingerprint density at radius 2 is 1.83 bits per heavy atom. The van der Waals surface area contributed by atoms with E-state index in [0.29, 0.717) is 5.75 Å². The van der Waals surface area contributed by atoms with Gasteiger partial charge in [0.05, 0.1) is 6.61 Å². The van der Waals surface area contributed by atoms with Gasteiger partial charge in [0.15, 0.2) is 12.3 Å². The Morgan fingerprint density at radius 1 is 1.22 bits per heavy atom. The van der Waals surface area contributed by atoms with Gasteiger partial charge < -0.3 is 19.3 Å². The molecule has 3 unspecified atom stereocenters. The third-order valence-corrected chi connectivity index (χ3v) is 3.08. The fraction of sp³-hybridized carbons (Fsp3) is 0.588. The highest BCUT2D eigenvalue weighted by Crippen LogP contribution is 2.22. The quantitative estimate of drug-likeness (QED) is 0.534. The van der Waals surface area contributed by atoms with Crippen LogP contribution in [0.5, 0.6) is 5.75 Å². The third kappa shape index (κ3) is 6.99. The first-order valence-electron chi connectivity index (χ1n) is 7.70. The Hall–Kier alpha value is -1.63. The molecule has 0 spiro atoms. The molecule has 0 fully saturated rings. The minimum absolute atomic E-state index is 0.184. The molecule has 3 atom stereocenters. The summed E-state index contributed by atoms with van der Waals surface area (Å²) in [6.07, 6.45) is -1.60. The van der Waals surface area contributed by atoms with Gasteiger partial charge in [-0.15, -0.1) is 0 Å². The number of aliphatic hydroxyl groups is 1. The maximum Gasteiger partial charge on any atom is 0.303 e. The van der Waals surface area contributed by atoms with Crippen molar-refractivity contribution in [3.05, 3.63) is 29.8 Å². The number of carbonyl (C=O) groups excluding carboxylic acids is 1. The van der Waals surface area contributed by atoms with Gasteiger partial charge in [-0.3, -0.25) is 10.1 Å². The fourth-order valence-corrected chi connectivity index (χ4v) is 2.06. The van der Waals surface area contributed by atoms with Gasteiger partial charge in [0.25, 0.3) is 0 Å². The molecule has 0 aliphatic heterocycles. The van der Waals surface area contributed by atoms with Gasteiger partial charge in [0.2, 0.25) is 0 Å². The van der Waals surface area contributed by atoms with E-state index in [2.05, 4.69) is 5.32 Å². The summed E-state index contributed by atoms with van der Waals surface area (Å²) < 4.78 is 16.1. The summed E-state index contributed by atoms with van der Waals surface area (Å²) in [5, 5.41) is 12.9. The van der Waals surface area contributed by atoms with Crippen molar-refractivity contribution < 1.29 is 24.1 Å². The summed E-state index contributed by atoms with van der Waals surface area (Å²) in [6, 6.07) is 7.37. The lowest BCUT2D eigenvalue weighted by atomic mass is 10.1. The van der Waals surface area contributed by atoms with E-state index in [4.69, 9.17) is 14.2 Å². The lowest BCUT2D eigenvalue weighted by Crippen LogP contribution is -2.46. The minimum atomic E-state index is -0.653. The zero-order valence-electron chi connectivity index (χ0n) is 14.4. The van der Waals surface area contributed by atoms with Crippen LogP contribution in [0.4, 0.5) is 0 Å². The van der Waals surface area contributed by atoms with E-state index in [1.807, 2.05) is 26.0 Å². The lowest BCUT2D eigenvalue weighted by molar-refractivity contribution is -0.149. The molecule has 0 saturated heterocycles. The molecule has 0 radical (unpaired) electrons. The highest BCUT2D eigenvalue weighted by molar-refractivity contribution is 5.66. The first-order valence-corrected chi connectivity index (χ1v) is 7.70. The number of carbonyl (C=O) groups is 1. The van der Waals surface area contributed by atoms with Crippen LogP contribution in [0.3, 0.4) is 0 Å². The molecule has 1 aromatic carbocycles. The summed E-state index contributed by atoms with van der Waals surface area (Å²) in [6.45, 7) is 7.28. The second-order valence-electron chi connectivity index (χ2n) is 5.72. The van der Waals surface area contributed by atoms with Crippen molar-refractivity contribution >= 4 is 5.97 Å². The number of benzene rings is 1. The van der Waals surface area contributed by atoms with Crippen LogP contribution in [0.1, 0.15) is 39.4 Å². The molecule has 0 bridgehead atoms. The van der Waals surface area contributed by atoms with Crippen molar-refractivity contribution in [2.75, 3.05) is 13.7 Å². The second-order valence-corrected chi connectivity index (χ2v) is 5.72. The highest BCUT2D eigenvalue weighted by atomic mass is 16.6. The van der Waals surface area contributed by atoms with Gasteiger partial charge in [-0.1, -0.05) is 12.1 Å². The van der Waals surface area contributed by atoms with Crippen LogP contribution in [0.15, 0.2) is 24.3 Å². The summed E-state index contributed by atoms with van der Waals surface area (Å²) in [5.74, 6) is 0.259. The maximum absolute atomic E-state index is 11.2. The van der Waals surface area contributed by atoms with E-state index < -0.39 is 18.4 Å². The van der Waals surface area contributed by atoms with Crippen LogP contribution in [0.2, 0.25) is 0 Å². The van der Waals surface area contributed by atoms with Crippen molar-refractivity contribution in [1.82, 2.24) is 5.32 Å². The van der Waals surface area contributed by atoms with Crippen molar-refractivity contribution in [1.29, 1.82) is 0 Å². The summed E-state index contributed by atoms with van der Waals surface area (Å²) in [4.78, 5) is 11.2.